The Bertz CT molecular complexity index is 1310. The molecule has 1 fully saturated rings. The summed E-state index contributed by atoms with van der Waals surface area (Å²) in [6, 6.07) is 1.45. The Balaban J connectivity index is 1.81. The van der Waals surface area contributed by atoms with E-state index in [0.717, 1.165) is 6.54 Å². The minimum atomic E-state index is -3.77. The number of aromatic nitrogens is 5. The summed E-state index contributed by atoms with van der Waals surface area (Å²) in [4.78, 5) is 26.3. The van der Waals surface area contributed by atoms with Crippen LogP contribution in [0.3, 0.4) is 0 Å². The predicted octanol–water partition coefficient (Wildman–Crippen LogP) is 1.21. The summed E-state index contributed by atoms with van der Waals surface area (Å²) in [5, 5.41) is 4.15. The molecule has 0 aromatic carbocycles. The van der Waals surface area contributed by atoms with Crippen molar-refractivity contribution < 1.29 is 13.2 Å². The van der Waals surface area contributed by atoms with Crippen molar-refractivity contribution in [3.8, 4) is 17.3 Å². The van der Waals surface area contributed by atoms with E-state index in [-0.39, 0.29) is 27.7 Å². The number of halogens is 1. The quantitative estimate of drug-likeness (QED) is 0.508. The molecule has 0 atom stereocenters. The Morgan fingerprint density at radius 1 is 1.19 bits per heavy atom. The lowest BCUT2D eigenvalue weighted by Crippen LogP contribution is -2.48. The van der Waals surface area contributed by atoms with E-state index in [0.29, 0.717) is 42.9 Å². The summed E-state index contributed by atoms with van der Waals surface area (Å²) in [7, 11) is -2.09. The number of H-pyrrole nitrogens is 1. The topological polar surface area (TPSA) is 126 Å². The van der Waals surface area contributed by atoms with E-state index in [2.05, 4.69) is 47.8 Å². The summed E-state index contributed by atoms with van der Waals surface area (Å²) < 4.78 is 35.7. The fraction of sp³-hybridized carbons (Fsp3) is 0.474. The van der Waals surface area contributed by atoms with Crippen molar-refractivity contribution in [3.05, 3.63) is 27.2 Å². The van der Waals surface area contributed by atoms with Crippen LogP contribution in [0.15, 0.2) is 26.6 Å². The molecule has 1 saturated heterocycles. The Labute approximate surface area is 193 Å². The van der Waals surface area contributed by atoms with Crippen LogP contribution in [0.2, 0.25) is 0 Å². The molecule has 1 aliphatic rings. The van der Waals surface area contributed by atoms with E-state index in [1.807, 2.05) is 0 Å². The number of nitrogens with one attached hydrogen (secondary N) is 1. The monoisotopic (exact) mass is 525 g/mol. The Kier molecular flexibility index (Phi) is 6.34. The summed E-state index contributed by atoms with van der Waals surface area (Å²) in [6.45, 7) is 7.20. The number of hydrogen-bond donors (Lipinski definition) is 1. The van der Waals surface area contributed by atoms with Gasteiger partial charge in [0, 0.05) is 33.2 Å². The molecule has 0 saturated carbocycles. The maximum absolute atomic E-state index is 13.3. The molecular formula is C19H24BrN7O4S. The number of aryl methyl sites for hydroxylation is 1. The molecule has 0 amide bonds. The van der Waals surface area contributed by atoms with Crippen molar-refractivity contribution in [2.75, 3.05) is 39.3 Å². The van der Waals surface area contributed by atoms with Crippen LogP contribution in [0.4, 0.5) is 0 Å². The molecule has 32 heavy (non-hydrogen) atoms. The van der Waals surface area contributed by atoms with Crippen molar-refractivity contribution >= 4 is 37.0 Å². The van der Waals surface area contributed by atoms with Gasteiger partial charge in [0.2, 0.25) is 15.9 Å². The number of sulfonamides is 1. The van der Waals surface area contributed by atoms with Crippen LogP contribution in [0.25, 0.3) is 22.4 Å². The van der Waals surface area contributed by atoms with Crippen molar-refractivity contribution in [2.45, 2.75) is 18.7 Å². The zero-order chi connectivity index (χ0) is 23.0. The largest absolute Gasteiger partial charge is 0.477 e. The lowest BCUT2D eigenvalue weighted by Gasteiger charge is -2.33. The molecule has 0 radical (unpaired) electrons. The standard InChI is InChI=1S/C19H24BrN7O4S/c1-4-26-6-8-27(9-7-26)32(29,30)12-10-13(19(21-11-12)31-5-2)17-22-14-15(18(28)23-17)24-25(3)16(14)20/h10-11H,4-9H2,1-3H3,(H,22,23,28). The van der Waals surface area contributed by atoms with Crippen LogP contribution in [0.5, 0.6) is 5.88 Å². The Morgan fingerprint density at radius 2 is 1.91 bits per heavy atom. The SMILES string of the molecule is CCOc1ncc(S(=O)(=O)N2CCN(CC)CC2)cc1-c1nc2c(Br)n(C)nc2c(=O)[nH]1. The number of fused-ring (bicyclic) bond motifs is 1. The van der Waals surface area contributed by atoms with Crippen LogP contribution >= 0.6 is 15.9 Å². The van der Waals surface area contributed by atoms with E-state index in [1.165, 1.54) is 21.3 Å². The van der Waals surface area contributed by atoms with Gasteiger partial charge < -0.3 is 14.6 Å². The zero-order valence-corrected chi connectivity index (χ0v) is 20.4. The average molecular weight is 526 g/mol. The second kappa shape index (κ2) is 8.89. The Hall–Kier alpha value is -2.35. The van der Waals surface area contributed by atoms with Gasteiger partial charge in [0.05, 0.1) is 18.4 Å². The smallest absolute Gasteiger partial charge is 0.279 e. The van der Waals surface area contributed by atoms with Gasteiger partial charge in [-0.25, -0.2) is 18.4 Å². The molecule has 0 aliphatic carbocycles. The zero-order valence-electron chi connectivity index (χ0n) is 18.0. The lowest BCUT2D eigenvalue weighted by molar-refractivity contribution is 0.196. The van der Waals surface area contributed by atoms with E-state index in [4.69, 9.17) is 4.74 Å². The number of pyridine rings is 1. The first-order chi connectivity index (χ1) is 15.3. The highest BCUT2D eigenvalue weighted by Gasteiger charge is 2.30. The molecule has 0 unspecified atom stereocenters. The third-order valence-electron chi connectivity index (χ3n) is 5.40. The lowest BCUT2D eigenvalue weighted by atomic mass is 10.2. The number of piperazine rings is 1. The number of hydrogen-bond acceptors (Lipinski definition) is 8. The minimum Gasteiger partial charge on any atom is -0.477 e. The molecule has 0 bridgehead atoms. The molecule has 3 aromatic heterocycles. The fourth-order valence-electron chi connectivity index (χ4n) is 3.61. The van der Waals surface area contributed by atoms with Crippen molar-refractivity contribution in [2.24, 2.45) is 7.05 Å². The van der Waals surface area contributed by atoms with Crippen LogP contribution in [-0.2, 0) is 17.1 Å². The number of nitrogens with zero attached hydrogens (tertiary/aromatic N) is 6. The van der Waals surface area contributed by atoms with Crippen LogP contribution in [0.1, 0.15) is 13.8 Å². The van der Waals surface area contributed by atoms with E-state index >= 15 is 0 Å². The fourth-order valence-corrected chi connectivity index (χ4v) is 5.36. The van der Waals surface area contributed by atoms with Gasteiger partial charge in [-0.1, -0.05) is 6.92 Å². The molecule has 4 rings (SSSR count). The predicted molar refractivity (Wildman–Crippen MR) is 122 cm³/mol. The van der Waals surface area contributed by atoms with Gasteiger partial charge in [-0.3, -0.25) is 9.48 Å². The van der Waals surface area contributed by atoms with Crippen LogP contribution < -0.4 is 10.3 Å². The van der Waals surface area contributed by atoms with Gasteiger partial charge in [-0.2, -0.15) is 9.40 Å². The molecule has 172 valence electrons. The van der Waals surface area contributed by atoms with Crippen molar-refractivity contribution in [1.82, 2.24) is 33.9 Å². The van der Waals surface area contributed by atoms with Gasteiger partial charge in [0.1, 0.15) is 20.8 Å². The van der Waals surface area contributed by atoms with Crippen molar-refractivity contribution in [3.63, 3.8) is 0 Å². The Morgan fingerprint density at radius 3 is 2.56 bits per heavy atom. The van der Waals surface area contributed by atoms with Gasteiger partial charge in [0.15, 0.2) is 5.52 Å². The van der Waals surface area contributed by atoms with Gasteiger partial charge in [-0.15, -0.1) is 0 Å². The van der Waals surface area contributed by atoms with Gasteiger partial charge in [-0.05, 0) is 35.5 Å². The van der Waals surface area contributed by atoms with Crippen LogP contribution in [0, 0.1) is 0 Å². The molecule has 0 spiro atoms. The van der Waals surface area contributed by atoms with E-state index < -0.39 is 15.6 Å². The molecule has 13 heteroatoms. The molecule has 4 heterocycles. The normalized spacial score (nSPS) is 16.0. The number of aromatic amines is 1. The summed E-state index contributed by atoms with van der Waals surface area (Å²) in [6.07, 6.45) is 1.28. The maximum atomic E-state index is 13.3. The first-order valence-electron chi connectivity index (χ1n) is 10.2. The summed E-state index contributed by atoms with van der Waals surface area (Å²) >= 11 is 3.38. The summed E-state index contributed by atoms with van der Waals surface area (Å²) in [5.41, 5.74) is 0.372. The highest BCUT2D eigenvalue weighted by Crippen LogP contribution is 2.30. The second-order valence-corrected chi connectivity index (χ2v) is 10.0. The summed E-state index contributed by atoms with van der Waals surface area (Å²) in [5.74, 6) is 0.338. The van der Waals surface area contributed by atoms with E-state index in [9.17, 15) is 13.2 Å². The molecular weight excluding hydrogens is 502 g/mol. The minimum absolute atomic E-state index is 0.0221. The van der Waals surface area contributed by atoms with Crippen LogP contribution in [-0.4, -0.2) is 81.7 Å². The van der Waals surface area contributed by atoms with Gasteiger partial charge in [0.25, 0.3) is 5.56 Å². The van der Waals surface area contributed by atoms with Crippen molar-refractivity contribution in [1.29, 1.82) is 0 Å². The number of likely N-dealkylation sites (N-methyl/N-ethyl adjacent to an activating group) is 1. The molecule has 3 aromatic rings. The van der Waals surface area contributed by atoms with Gasteiger partial charge >= 0.3 is 0 Å². The first kappa shape index (κ1) is 22.8. The first-order valence-corrected chi connectivity index (χ1v) is 12.5. The number of rotatable bonds is 6. The third-order valence-corrected chi connectivity index (χ3v) is 8.16. The molecule has 1 N–H and O–H groups in total. The highest BCUT2D eigenvalue weighted by molar-refractivity contribution is 9.10. The number of ether oxygens (including phenoxy) is 1. The third kappa shape index (κ3) is 4.05. The second-order valence-electron chi connectivity index (χ2n) is 7.32. The molecule has 11 nitrogen and oxygen atoms in total. The average Bonchev–Trinajstić information content (AvgIpc) is 3.08. The highest BCUT2D eigenvalue weighted by atomic mass is 79.9. The molecule has 1 aliphatic heterocycles. The maximum Gasteiger partial charge on any atom is 0.279 e. The van der Waals surface area contributed by atoms with E-state index in [1.54, 1.807) is 14.0 Å².